The molecule has 0 aromatic heterocycles. The van der Waals surface area contributed by atoms with Gasteiger partial charge in [0.15, 0.2) is 0 Å². The third kappa shape index (κ3) is 4.47. The minimum atomic E-state index is -0.997. The normalized spacial score (nSPS) is 15.7. The van der Waals surface area contributed by atoms with E-state index in [1.165, 1.54) is 6.92 Å². The Kier molecular flexibility index (Phi) is 6.47. The Bertz CT molecular complexity index is 1230. The van der Waals surface area contributed by atoms with Gasteiger partial charge in [0.05, 0.1) is 5.69 Å². The number of nitrogens with zero attached hydrogens (tertiary/aromatic N) is 1. The molecule has 0 saturated carbocycles. The van der Waals surface area contributed by atoms with Gasteiger partial charge in [-0.3, -0.25) is 14.4 Å². The summed E-state index contributed by atoms with van der Waals surface area (Å²) in [4.78, 5) is 40.5. The van der Waals surface area contributed by atoms with Crippen LogP contribution in [-0.4, -0.2) is 24.8 Å². The first-order chi connectivity index (χ1) is 15.9. The number of halogens is 1. The van der Waals surface area contributed by atoms with Crippen molar-refractivity contribution in [2.45, 2.75) is 19.5 Å². The van der Waals surface area contributed by atoms with Gasteiger partial charge in [-0.25, -0.2) is 0 Å². The summed E-state index contributed by atoms with van der Waals surface area (Å²) in [5.74, 6) is -2.25. The molecule has 1 aliphatic rings. The smallest absolute Gasteiger partial charge is 0.253 e. The largest absolute Gasteiger partial charge is 0.351 e. The molecule has 6 nitrogen and oxygen atoms in total. The van der Waals surface area contributed by atoms with Crippen molar-refractivity contribution in [1.29, 1.82) is 0 Å². The molecule has 0 fully saturated rings. The molecule has 7 heteroatoms. The lowest BCUT2D eigenvalue weighted by atomic mass is 9.95. The Morgan fingerprint density at radius 3 is 2.33 bits per heavy atom. The molecule has 0 radical (unpaired) electrons. The van der Waals surface area contributed by atoms with Gasteiger partial charge in [-0.05, 0) is 35.7 Å². The number of nitrogens with one attached hydrogen (secondary N) is 2. The third-order valence-corrected chi connectivity index (χ3v) is 6.26. The Morgan fingerprint density at radius 2 is 1.58 bits per heavy atom. The zero-order valence-electron chi connectivity index (χ0n) is 18.3. The summed E-state index contributed by atoms with van der Waals surface area (Å²) in [6, 6.07) is 21.4. The maximum absolute atomic E-state index is 13.3. The van der Waals surface area contributed by atoms with E-state index in [1.54, 1.807) is 24.1 Å². The quantitative estimate of drug-likeness (QED) is 0.562. The van der Waals surface area contributed by atoms with Crippen LogP contribution in [0, 0.1) is 5.92 Å². The number of hydrogen-bond acceptors (Lipinski definition) is 3. The van der Waals surface area contributed by atoms with Gasteiger partial charge in [0.25, 0.3) is 5.91 Å². The molecular weight excluding hydrogens is 438 g/mol. The molecule has 2 atom stereocenters. The van der Waals surface area contributed by atoms with Gasteiger partial charge >= 0.3 is 0 Å². The van der Waals surface area contributed by atoms with Gasteiger partial charge in [-0.1, -0.05) is 72.3 Å². The SMILES string of the molecule is CC(C(=O)NCc1ccccc1Cl)C(=O)NC1C(=O)N(C)c2ccccc2-c2ccccc21. The standard InChI is InChI=1S/C26H24ClN3O3/c1-16(24(31)28-15-17-9-3-7-13-21(17)27)25(32)29-23-20-12-5-4-10-18(20)19-11-6-8-14-22(19)30(2)26(23)33/h3-14,16,23H,15H2,1-2H3,(H,28,31)(H,29,32). The molecule has 3 aromatic rings. The number of anilines is 1. The fourth-order valence-electron chi connectivity index (χ4n) is 3.94. The number of para-hydroxylation sites is 1. The Hall–Kier alpha value is -3.64. The van der Waals surface area contributed by atoms with E-state index in [0.717, 1.165) is 22.4 Å². The van der Waals surface area contributed by atoms with Crippen molar-refractivity contribution >= 4 is 35.0 Å². The minimum Gasteiger partial charge on any atom is -0.351 e. The van der Waals surface area contributed by atoms with Crippen LogP contribution in [0.25, 0.3) is 11.1 Å². The second-order valence-electron chi connectivity index (χ2n) is 7.97. The zero-order valence-corrected chi connectivity index (χ0v) is 19.1. The molecule has 168 valence electrons. The fourth-order valence-corrected chi connectivity index (χ4v) is 4.14. The van der Waals surface area contributed by atoms with Gasteiger partial charge < -0.3 is 15.5 Å². The molecule has 0 aliphatic carbocycles. The van der Waals surface area contributed by atoms with E-state index in [0.29, 0.717) is 10.6 Å². The molecule has 0 saturated heterocycles. The van der Waals surface area contributed by atoms with E-state index >= 15 is 0 Å². The van der Waals surface area contributed by atoms with Crippen molar-refractivity contribution in [3.63, 3.8) is 0 Å². The summed E-state index contributed by atoms with van der Waals surface area (Å²) in [5, 5.41) is 6.09. The first-order valence-corrected chi connectivity index (χ1v) is 11.0. The summed E-state index contributed by atoms with van der Waals surface area (Å²) >= 11 is 6.14. The number of hydrogen-bond donors (Lipinski definition) is 2. The predicted molar refractivity (Wildman–Crippen MR) is 129 cm³/mol. The maximum atomic E-state index is 13.3. The van der Waals surface area contributed by atoms with E-state index in [4.69, 9.17) is 11.6 Å². The molecule has 2 unspecified atom stereocenters. The second kappa shape index (κ2) is 9.46. The summed E-state index contributed by atoms with van der Waals surface area (Å²) in [5.41, 5.74) is 3.99. The lowest BCUT2D eigenvalue weighted by Gasteiger charge is -2.24. The monoisotopic (exact) mass is 461 g/mol. The molecule has 33 heavy (non-hydrogen) atoms. The van der Waals surface area contributed by atoms with Crippen LogP contribution < -0.4 is 15.5 Å². The van der Waals surface area contributed by atoms with E-state index in [9.17, 15) is 14.4 Å². The van der Waals surface area contributed by atoms with Crippen LogP contribution in [0.15, 0.2) is 72.8 Å². The number of amides is 3. The van der Waals surface area contributed by atoms with Crippen molar-refractivity contribution < 1.29 is 14.4 Å². The first kappa shape index (κ1) is 22.6. The number of likely N-dealkylation sites (N-methyl/N-ethyl adjacent to an activating group) is 1. The van der Waals surface area contributed by atoms with E-state index in [-0.39, 0.29) is 12.5 Å². The van der Waals surface area contributed by atoms with Gasteiger partial charge in [0.1, 0.15) is 12.0 Å². The van der Waals surface area contributed by atoms with Crippen LogP contribution in [0.4, 0.5) is 5.69 Å². The third-order valence-electron chi connectivity index (χ3n) is 5.89. The highest BCUT2D eigenvalue weighted by Gasteiger charge is 2.34. The maximum Gasteiger partial charge on any atom is 0.253 e. The predicted octanol–water partition coefficient (Wildman–Crippen LogP) is 4.09. The van der Waals surface area contributed by atoms with Crippen LogP contribution in [0.5, 0.6) is 0 Å². The summed E-state index contributed by atoms with van der Waals surface area (Å²) in [6.45, 7) is 1.72. The highest BCUT2D eigenvalue weighted by atomic mass is 35.5. The van der Waals surface area contributed by atoms with Crippen molar-refractivity contribution in [3.05, 3.63) is 88.9 Å². The van der Waals surface area contributed by atoms with Crippen LogP contribution in [0.1, 0.15) is 24.1 Å². The summed E-state index contributed by atoms with van der Waals surface area (Å²) < 4.78 is 0. The van der Waals surface area contributed by atoms with Gasteiger partial charge in [0, 0.05) is 24.2 Å². The van der Waals surface area contributed by atoms with Crippen molar-refractivity contribution in [2.75, 3.05) is 11.9 Å². The minimum absolute atomic E-state index is 0.208. The summed E-state index contributed by atoms with van der Waals surface area (Å²) in [7, 11) is 1.69. The first-order valence-electron chi connectivity index (χ1n) is 10.7. The van der Waals surface area contributed by atoms with Crippen LogP contribution in [0.3, 0.4) is 0 Å². The number of fused-ring (bicyclic) bond motifs is 3. The number of benzene rings is 3. The number of rotatable bonds is 5. The average Bonchev–Trinajstić information content (AvgIpc) is 2.92. The van der Waals surface area contributed by atoms with Crippen LogP contribution in [0.2, 0.25) is 5.02 Å². The van der Waals surface area contributed by atoms with Gasteiger partial charge in [0.2, 0.25) is 11.8 Å². The lowest BCUT2D eigenvalue weighted by Crippen LogP contribution is -2.45. The molecule has 4 rings (SSSR count). The zero-order chi connectivity index (χ0) is 23.5. The number of carbonyl (C=O) groups excluding carboxylic acids is 3. The van der Waals surface area contributed by atoms with Crippen LogP contribution in [-0.2, 0) is 20.9 Å². The Balaban J connectivity index is 1.54. The van der Waals surface area contributed by atoms with Crippen molar-refractivity contribution in [1.82, 2.24) is 10.6 Å². The molecule has 1 heterocycles. The topological polar surface area (TPSA) is 78.5 Å². The van der Waals surface area contributed by atoms with E-state index < -0.39 is 23.8 Å². The Morgan fingerprint density at radius 1 is 0.939 bits per heavy atom. The van der Waals surface area contributed by atoms with Crippen molar-refractivity contribution in [2.24, 2.45) is 5.92 Å². The van der Waals surface area contributed by atoms with Crippen LogP contribution >= 0.6 is 11.6 Å². The molecule has 0 spiro atoms. The van der Waals surface area contributed by atoms with E-state index in [2.05, 4.69) is 10.6 Å². The molecule has 1 aliphatic heterocycles. The van der Waals surface area contributed by atoms with Crippen molar-refractivity contribution in [3.8, 4) is 11.1 Å². The van der Waals surface area contributed by atoms with E-state index in [1.807, 2.05) is 60.7 Å². The molecular formula is C26H24ClN3O3. The molecule has 0 bridgehead atoms. The average molecular weight is 462 g/mol. The highest BCUT2D eigenvalue weighted by Crippen LogP contribution is 2.39. The van der Waals surface area contributed by atoms with Gasteiger partial charge in [-0.15, -0.1) is 0 Å². The highest BCUT2D eigenvalue weighted by molar-refractivity contribution is 6.31. The lowest BCUT2D eigenvalue weighted by molar-refractivity contribution is -0.136. The number of carbonyl (C=O) groups is 3. The molecule has 2 N–H and O–H groups in total. The fraction of sp³-hybridized carbons (Fsp3) is 0.192. The molecule has 3 aromatic carbocycles. The Labute approximate surface area is 197 Å². The van der Waals surface area contributed by atoms with Gasteiger partial charge in [-0.2, -0.15) is 0 Å². The second-order valence-corrected chi connectivity index (χ2v) is 8.38. The summed E-state index contributed by atoms with van der Waals surface area (Å²) in [6.07, 6.45) is 0. The molecule has 3 amide bonds.